The lowest BCUT2D eigenvalue weighted by Crippen LogP contribution is -2.27. The topological polar surface area (TPSA) is 21.3 Å². The first-order chi connectivity index (χ1) is 9.29. The highest BCUT2D eigenvalue weighted by Gasteiger charge is 2.14. The molecule has 0 aliphatic carbocycles. The molecule has 1 aromatic carbocycles. The van der Waals surface area contributed by atoms with E-state index in [1.165, 1.54) is 24.8 Å². The van der Waals surface area contributed by atoms with E-state index in [1.807, 2.05) is 12.1 Å². The zero-order valence-corrected chi connectivity index (χ0v) is 12.5. The molecule has 19 heavy (non-hydrogen) atoms. The fraction of sp³-hybridized carbons (Fsp3) is 0.625. The molecule has 1 saturated heterocycles. The zero-order valence-electron chi connectivity index (χ0n) is 11.7. The molecule has 0 radical (unpaired) electrons. The van der Waals surface area contributed by atoms with Crippen molar-refractivity contribution in [2.45, 2.75) is 51.2 Å². The fourth-order valence-electron chi connectivity index (χ4n) is 2.67. The van der Waals surface area contributed by atoms with Crippen molar-refractivity contribution in [2.75, 3.05) is 13.2 Å². The molecule has 2 nitrogen and oxygen atoms in total. The van der Waals surface area contributed by atoms with Crippen molar-refractivity contribution in [3.05, 3.63) is 34.9 Å². The summed E-state index contributed by atoms with van der Waals surface area (Å²) in [6.07, 6.45) is 6.40. The summed E-state index contributed by atoms with van der Waals surface area (Å²) in [5.41, 5.74) is 1.28. The van der Waals surface area contributed by atoms with Crippen molar-refractivity contribution < 1.29 is 4.74 Å². The Morgan fingerprint density at radius 1 is 1.42 bits per heavy atom. The lowest BCUT2D eigenvalue weighted by Gasteiger charge is -2.24. The molecule has 1 N–H and O–H groups in total. The average molecular weight is 282 g/mol. The van der Waals surface area contributed by atoms with Crippen molar-refractivity contribution in [2.24, 2.45) is 0 Å². The number of rotatable bonds is 6. The lowest BCUT2D eigenvalue weighted by atomic mass is 10.0. The van der Waals surface area contributed by atoms with Crippen LogP contribution in [0.5, 0.6) is 0 Å². The molecule has 1 fully saturated rings. The van der Waals surface area contributed by atoms with Gasteiger partial charge < -0.3 is 10.1 Å². The standard InChI is InChI=1S/C16H24ClNO/c1-2-16(13-6-5-7-14(17)12-13)18-10-9-15-8-3-4-11-19-15/h5-7,12,15-16,18H,2-4,8-11H2,1H3. The summed E-state index contributed by atoms with van der Waals surface area (Å²) in [7, 11) is 0. The van der Waals surface area contributed by atoms with Crippen molar-refractivity contribution in [1.82, 2.24) is 5.32 Å². The van der Waals surface area contributed by atoms with Crippen molar-refractivity contribution in [3.8, 4) is 0 Å². The van der Waals surface area contributed by atoms with Crippen LogP contribution in [0, 0.1) is 0 Å². The Morgan fingerprint density at radius 3 is 3.00 bits per heavy atom. The van der Waals surface area contributed by atoms with E-state index in [2.05, 4.69) is 24.4 Å². The molecule has 2 unspecified atom stereocenters. The second kappa shape index (κ2) is 7.88. The largest absolute Gasteiger partial charge is 0.378 e. The first-order valence-electron chi connectivity index (χ1n) is 7.40. The monoisotopic (exact) mass is 281 g/mol. The van der Waals surface area contributed by atoms with Crippen LogP contribution >= 0.6 is 11.6 Å². The van der Waals surface area contributed by atoms with Gasteiger partial charge in [0.1, 0.15) is 0 Å². The molecule has 0 bridgehead atoms. The first-order valence-corrected chi connectivity index (χ1v) is 7.78. The van der Waals surface area contributed by atoms with Gasteiger partial charge in [-0.05, 0) is 56.3 Å². The van der Waals surface area contributed by atoms with Crippen molar-refractivity contribution >= 4 is 11.6 Å². The Morgan fingerprint density at radius 2 is 2.32 bits per heavy atom. The molecular weight excluding hydrogens is 258 g/mol. The van der Waals surface area contributed by atoms with Crippen LogP contribution in [0.2, 0.25) is 5.02 Å². The third-order valence-corrected chi connectivity index (χ3v) is 4.03. The molecule has 2 atom stereocenters. The van der Waals surface area contributed by atoms with E-state index >= 15 is 0 Å². The number of hydrogen-bond acceptors (Lipinski definition) is 2. The second-order valence-corrected chi connectivity index (χ2v) is 5.68. The van der Waals surface area contributed by atoms with Gasteiger partial charge in [0.15, 0.2) is 0 Å². The Balaban J connectivity index is 1.79. The molecule has 0 spiro atoms. The van der Waals surface area contributed by atoms with Gasteiger partial charge in [-0.3, -0.25) is 0 Å². The van der Waals surface area contributed by atoms with Crippen LogP contribution in [0.15, 0.2) is 24.3 Å². The summed E-state index contributed by atoms with van der Waals surface area (Å²) in [5.74, 6) is 0. The van der Waals surface area contributed by atoms with Gasteiger partial charge in [-0.25, -0.2) is 0 Å². The number of nitrogens with one attached hydrogen (secondary N) is 1. The highest BCUT2D eigenvalue weighted by atomic mass is 35.5. The van der Waals surface area contributed by atoms with Gasteiger partial charge in [0.25, 0.3) is 0 Å². The summed E-state index contributed by atoms with van der Waals surface area (Å²) in [5, 5.41) is 4.43. The Kier molecular flexibility index (Phi) is 6.15. The molecule has 1 aliphatic heterocycles. The second-order valence-electron chi connectivity index (χ2n) is 5.25. The third-order valence-electron chi connectivity index (χ3n) is 3.79. The zero-order chi connectivity index (χ0) is 13.5. The van der Waals surface area contributed by atoms with Crippen molar-refractivity contribution in [3.63, 3.8) is 0 Å². The predicted octanol–water partition coefficient (Wildman–Crippen LogP) is 4.34. The number of benzene rings is 1. The maximum Gasteiger partial charge on any atom is 0.0587 e. The number of ether oxygens (including phenoxy) is 1. The van der Waals surface area contributed by atoms with Crippen LogP contribution < -0.4 is 5.32 Å². The minimum atomic E-state index is 0.391. The lowest BCUT2D eigenvalue weighted by molar-refractivity contribution is 0.0112. The molecule has 1 aliphatic rings. The maximum absolute atomic E-state index is 6.05. The highest BCUT2D eigenvalue weighted by molar-refractivity contribution is 6.30. The van der Waals surface area contributed by atoms with E-state index in [0.29, 0.717) is 12.1 Å². The number of halogens is 1. The molecule has 0 amide bonds. The molecule has 2 rings (SSSR count). The summed E-state index contributed by atoms with van der Waals surface area (Å²) >= 11 is 6.05. The highest BCUT2D eigenvalue weighted by Crippen LogP contribution is 2.21. The SMILES string of the molecule is CCC(NCCC1CCCCO1)c1cccc(Cl)c1. The van der Waals surface area contributed by atoms with Crippen LogP contribution in [0.4, 0.5) is 0 Å². The summed E-state index contributed by atoms with van der Waals surface area (Å²) in [6.45, 7) is 4.15. The minimum absolute atomic E-state index is 0.391. The molecule has 1 aromatic rings. The fourth-order valence-corrected chi connectivity index (χ4v) is 2.87. The third kappa shape index (κ3) is 4.79. The van der Waals surface area contributed by atoms with Gasteiger partial charge in [0.05, 0.1) is 6.10 Å². The summed E-state index contributed by atoms with van der Waals surface area (Å²) in [4.78, 5) is 0. The van der Waals surface area contributed by atoms with Gasteiger partial charge in [-0.2, -0.15) is 0 Å². The summed E-state index contributed by atoms with van der Waals surface area (Å²) in [6, 6.07) is 8.53. The van der Waals surface area contributed by atoms with Gasteiger partial charge in [-0.15, -0.1) is 0 Å². The molecule has 1 heterocycles. The predicted molar refractivity (Wildman–Crippen MR) is 80.7 cm³/mol. The Bertz CT molecular complexity index is 377. The Labute approximate surface area is 121 Å². The van der Waals surface area contributed by atoms with Gasteiger partial charge in [-0.1, -0.05) is 30.7 Å². The van der Waals surface area contributed by atoms with Crippen LogP contribution in [0.3, 0.4) is 0 Å². The van der Waals surface area contributed by atoms with Crippen molar-refractivity contribution in [1.29, 1.82) is 0 Å². The van der Waals surface area contributed by atoms with Crippen LogP contribution in [-0.4, -0.2) is 19.3 Å². The maximum atomic E-state index is 6.05. The van der Waals surface area contributed by atoms with E-state index in [0.717, 1.165) is 31.0 Å². The quantitative estimate of drug-likeness (QED) is 0.837. The molecule has 3 heteroatoms. The first kappa shape index (κ1) is 14.8. The molecular formula is C16H24ClNO. The average Bonchev–Trinajstić information content (AvgIpc) is 2.45. The van der Waals surface area contributed by atoms with E-state index in [9.17, 15) is 0 Å². The molecule has 0 aromatic heterocycles. The van der Waals surface area contributed by atoms with E-state index in [4.69, 9.17) is 16.3 Å². The van der Waals surface area contributed by atoms with Crippen LogP contribution in [0.25, 0.3) is 0 Å². The van der Waals surface area contributed by atoms with Gasteiger partial charge in [0.2, 0.25) is 0 Å². The van der Waals surface area contributed by atoms with Crippen LogP contribution in [0.1, 0.15) is 50.6 Å². The Hall–Kier alpha value is -0.570. The van der Waals surface area contributed by atoms with E-state index in [-0.39, 0.29) is 0 Å². The van der Waals surface area contributed by atoms with Crippen LogP contribution in [-0.2, 0) is 4.74 Å². The van der Waals surface area contributed by atoms with E-state index < -0.39 is 0 Å². The summed E-state index contributed by atoms with van der Waals surface area (Å²) < 4.78 is 5.76. The molecule has 106 valence electrons. The number of hydrogen-bond donors (Lipinski definition) is 1. The molecule has 0 saturated carbocycles. The normalized spacial score (nSPS) is 21.3. The van der Waals surface area contributed by atoms with E-state index in [1.54, 1.807) is 0 Å². The van der Waals surface area contributed by atoms with Gasteiger partial charge >= 0.3 is 0 Å². The smallest absolute Gasteiger partial charge is 0.0587 e. The minimum Gasteiger partial charge on any atom is -0.378 e. The van der Waals surface area contributed by atoms with Gasteiger partial charge in [0, 0.05) is 17.7 Å².